The van der Waals surface area contributed by atoms with E-state index in [-0.39, 0.29) is 0 Å². The molecule has 72 valence electrons. The van der Waals surface area contributed by atoms with Crippen LogP contribution >= 0.6 is 23.2 Å². The van der Waals surface area contributed by atoms with E-state index in [1.807, 2.05) is 12.1 Å². The van der Waals surface area contributed by atoms with Crippen LogP contribution in [0.4, 0.5) is 0 Å². The molecule has 0 saturated carbocycles. The summed E-state index contributed by atoms with van der Waals surface area (Å²) in [5.41, 5.74) is 1.58. The molecule has 0 fully saturated rings. The summed E-state index contributed by atoms with van der Waals surface area (Å²) in [6.45, 7) is 0. The number of halogens is 2. The number of rotatable bonds is 2. The van der Waals surface area contributed by atoms with Gasteiger partial charge in [-0.2, -0.15) is 0 Å². The lowest BCUT2D eigenvalue weighted by atomic mass is 10.2. The molecule has 2 rings (SSSR count). The Bertz CT molecular complexity index is 439. The fraction of sp³-hybridized carbons (Fsp3) is 0.100. The van der Waals surface area contributed by atoms with Crippen LogP contribution in [-0.2, 0) is 5.88 Å². The molecule has 0 bridgehead atoms. The molecule has 14 heavy (non-hydrogen) atoms. The first-order valence-corrected chi connectivity index (χ1v) is 4.97. The van der Waals surface area contributed by atoms with Gasteiger partial charge < -0.3 is 4.42 Å². The topological polar surface area (TPSA) is 26.0 Å². The predicted molar refractivity (Wildman–Crippen MR) is 56.5 cm³/mol. The summed E-state index contributed by atoms with van der Waals surface area (Å²) < 4.78 is 5.24. The Morgan fingerprint density at radius 1 is 1.36 bits per heavy atom. The first kappa shape index (κ1) is 9.56. The summed E-state index contributed by atoms with van der Waals surface area (Å²) in [4.78, 5) is 4.18. The van der Waals surface area contributed by atoms with E-state index >= 15 is 0 Å². The smallest absolute Gasteiger partial charge is 0.226 e. The number of hydrogen-bond acceptors (Lipinski definition) is 2. The van der Waals surface area contributed by atoms with Gasteiger partial charge in [0.05, 0.1) is 11.6 Å². The van der Waals surface area contributed by atoms with Gasteiger partial charge in [-0.3, -0.25) is 0 Å². The van der Waals surface area contributed by atoms with Gasteiger partial charge in [0.25, 0.3) is 0 Å². The van der Waals surface area contributed by atoms with E-state index in [9.17, 15) is 0 Å². The fourth-order valence-corrected chi connectivity index (χ4v) is 1.44. The molecule has 0 saturated heterocycles. The maximum absolute atomic E-state index is 5.84. The van der Waals surface area contributed by atoms with Crippen molar-refractivity contribution in [2.45, 2.75) is 5.88 Å². The minimum atomic E-state index is 0.351. The summed E-state index contributed by atoms with van der Waals surface area (Å²) in [6, 6.07) is 7.33. The molecule has 2 nitrogen and oxygen atoms in total. The van der Waals surface area contributed by atoms with Crippen molar-refractivity contribution >= 4 is 23.2 Å². The van der Waals surface area contributed by atoms with Crippen molar-refractivity contribution in [2.24, 2.45) is 0 Å². The molecule has 1 heterocycles. The molecule has 0 aliphatic rings. The molecule has 1 aromatic heterocycles. The summed E-state index contributed by atoms with van der Waals surface area (Å²) in [6.07, 6.45) is 1.54. The summed E-state index contributed by atoms with van der Waals surface area (Å²) in [5.74, 6) is 0.896. The van der Waals surface area contributed by atoms with Crippen LogP contribution in [0.3, 0.4) is 0 Å². The Labute approximate surface area is 91.5 Å². The van der Waals surface area contributed by atoms with Crippen LogP contribution < -0.4 is 0 Å². The largest absolute Gasteiger partial charge is 0.444 e. The number of aromatic nitrogens is 1. The molecule has 0 spiro atoms. The second-order valence-corrected chi connectivity index (χ2v) is 3.49. The highest BCUT2D eigenvalue weighted by atomic mass is 35.5. The lowest BCUT2D eigenvalue weighted by Gasteiger charge is -1.94. The Balaban J connectivity index is 2.39. The lowest BCUT2D eigenvalue weighted by molar-refractivity contribution is 0.573. The number of nitrogens with zero attached hydrogens (tertiary/aromatic N) is 1. The van der Waals surface area contributed by atoms with Crippen LogP contribution in [0.2, 0.25) is 5.02 Å². The molecular formula is C10H7Cl2NO. The van der Waals surface area contributed by atoms with Gasteiger partial charge in [0.2, 0.25) is 5.89 Å². The molecule has 1 aromatic carbocycles. The Hall–Kier alpha value is -0.990. The van der Waals surface area contributed by atoms with Crippen LogP contribution in [0.15, 0.2) is 34.9 Å². The molecule has 0 aliphatic carbocycles. The van der Waals surface area contributed by atoms with Crippen molar-refractivity contribution in [1.29, 1.82) is 0 Å². The van der Waals surface area contributed by atoms with Gasteiger partial charge in [-0.15, -0.1) is 11.6 Å². The molecule has 0 atom stereocenters. The van der Waals surface area contributed by atoms with Crippen LogP contribution in [0.1, 0.15) is 5.69 Å². The average Bonchev–Trinajstić information content (AvgIpc) is 2.66. The van der Waals surface area contributed by atoms with Gasteiger partial charge in [-0.25, -0.2) is 4.98 Å². The third-order valence-electron chi connectivity index (χ3n) is 1.76. The van der Waals surface area contributed by atoms with E-state index in [1.54, 1.807) is 18.4 Å². The Morgan fingerprint density at radius 2 is 2.21 bits per heavy atom. The zero-order chi connectivity index (χ0) is 9.97. The van der Waals surface area contributed by atoms with Crippen molar-refractivity contribution in [1.82, 2.24) is 4.98 Å². The number of oxazole rings is 1. The zero-order valence-electron chi connectivity index (χ0n) is 7.21. The Kier molecular flexibility index (Phi) is 2.75. The maximum Gasteiger partial charge on any atom is 0.226 e. The van der Waals surface area contributed by atoms with E-state index in [0.717, 1.165) is 11.3 Å². The SMILES string of the molecule is ClCc1coc(-c2cccc(Cl)c2)n1. The molecule has 2 aromatic rings. The van der Waals surface area contributed by atoms with Crippen LogP contribution in [0.5, 0.6) is 0 Å². The number of benzene rings is 1. The molecule has 0 amide bonds. The Morgan fingerprint density at radius 3 is 2.86 bits per heavy atom. The van der Waals surface area contributed by atoms with Gasteiger partial charge in [-0.05, 0) is 18.2 Å². The second kappa shape index (κ2) is 4.03. The standard InChI is InChI=1S/C10H7Cl2NO/c11-5-9-6-14-10(13-9)7-2-1-3-8(12)4-7/h1-4,6H,5H2. The minimum absolute atomic E-state index is 0.351. The first-order chi connectivity index (χ1) is 6.79. The minimum Gasteiger partial charge on any atom is -0.444 e. The molecule has 0 aliphatic heterocycles. The van der Waals surface area contributed by atoms with Gasteiger partial charge >= 0.3 is 0 Å². The summed E-state index contributed by atoms with van der Waals surface area (Å²) in [7, 11) is 0. The van der Waals surface area contributed by atoms with Gasteiger partial charge in [0.15, 0.2) is 0 Å². The lowest BCUT2D eigenvalue weighted by Crippen LogP contribution is -1.79. The summed E-state index contributed by atoms with van der Waals surface area (Å²) >= 11 is 11.5. The van der Waals surface area contributed by atoms with Crippen LogP contribution in [0.25, 0.3) is 11.5 Å². The van der Waals surface area contributed by atoms with Crippen molar-refractivity contribution in [3.8, 4) is 11.5 Å². The van der Waals surface area contributed by atoms with Crippen molar-refractivity contribution < 1.29 is 4.42 Å². The van der Waals surface area contributed by atoms with Gasteiger partial charge in [0, 0.05) is 10.6 Å². The molecule has 0 N–H and O–H groups in total. The van der Waals surface area contributed by atoms with Crippen molar-refractivity contribution in [3.05, 3.63) is 41.2 Å². The van der Waals surface area contributed by atoms with Crippen molar-refractivity contribution in [2.75, 3.05) is 0 Å². The normalized spacial score (nSPS) is 10.4. The molecular weight excluding hydrogens is 221 g/mol. The number of alkyl halides is 1. The van der Waals surface area contributed by atoms with Gasteiger partial charge in [-0.1, -0.05) is 17.7 Å². The third kappa shape index (κ3) is 1.91. The van der Waals surface area contributed by atoms with Gasteiger partial charge in [0.1, 0.15) is 6.26 Å². The quantitative estimate of drug-likeness (QED) is 0.732. The predicted octanol–water partition coefficient (Wildman–Crippen LogP) is 3.73. The highest BCUT2D eigenvalue weighted by Crippen LogP contribution is 2.22. The molecule has 0 radical (unpaired) electrons. The molecule has 4 heteroatoms. The summed E-state index contributed by atoms with van der Waals surface area (Å²) in [5, 5.41) is 0.660. The van der Waals surface area contributed by atoms with Crippen LogP contribution in [0, 0.1) is 0 Å². The maximum atomic E-state index is 5.84. The third-order valence-corrected chi connectivity index (χ3v) is 2.27. The van der Waals surface area contributed by atoms with E-state index in [1.165, 1.54) is 0 Å². The van der Waals surface area contributed by atoms with Crippen LogP contribution in [-0.4, -0.2) is 4.98 Å². The van der Waals surface area contributed by atoms with E-state index < -0.39 is 0 Å². The van der Waals surface area contributed by atoms with E-state index in [2.05, 4.69) is 4.98 Å². The van der Waals surface area contributed by atoms with Crippen molar-refractivity contribution in [3.63, 3.8) is 0 Å². The average molecular weight is 228 g/mol. The zero-order valence-corrected chi connectivity index (χ0v) is 8.72. The highest BCUT2D eigenvalue weighted by molar-refractivity contribution is 6.30. The second-order valence-electron chi connectivity index (χ2n) is 2.79. The monoisotopic (exact) mass is 227 g/mol. The molecule has 0 unspecified atom stereocenters. The fourth-order valence-electron chi connectivity index (χ4n) is 1.12. The van der Waals surface area contributed by atoms with E-state index in [0.29, 0.717) is 16.8 Å². The first-order valence-electron chi connectivity index (χ1n) is 4.06. The highest BCUT2D eigenvalue weighted by Gasteiger charge is 2.05. The van der Waals surface area contributed by atoms with E-state index in [4.69, 9.17) is 27.6 Å². The number of hydrogen-bond donors (Lipinski definition) is 0.